The predicted molar refractivity (Wildman–Crippen MR) is 140 cm³/mol. The van der Waals surface area contributed by atoms with E-state index in [0.717, 1.165) is 43.0 Å². The van der Waals surface area contributed by atoms with Crippen LogP contribution in [0, 0.1) is 6.92 Å². The average molecular weight is 483 g/mol. The number of fused-ring (bicyclic) bond motifs is 1. The number of hydrogen-bond acceptors (Lipinski definition) is 8. The summed E-state index contributed by atoms with van der Waals surface area (Å²) in [5, 5.41) is 0. The quantitative estimate of drug-likeness (QED) is 0.346. The lowest BCUT2D eigenvalue weighted by molar-refractivity contribution is 0.414. The number of nitrogens with zero attached hydrogens (tertiary/aromatic N) is 4. The SMILES string of the molecule is COc1cnccc1-c1c(C)sc2c(C(N)C(N)Cc3ccccc3)nc(-c3ccncc3)nc12. The normalized spacial score (nSPS) is 13.0. The van der Waals surface area contributed by atoms with Crippen LogP contribution in [0.25, 0.3) is 32.7 Å². The van der Waals surface area contributed by atoms with Crippen molar-refractivity contribution >= 4 is 21.6 Å². The molecule has 4 N–H and O–H groups in total. The maximum absolute atomic E-state index is 6.80. The van der Waals surface area contributed by atoms with Gasteiger partial charge in [-0.3, -0.25) is 9.97 Å². The Morgan fingerprint density at radius 3 is 2.43 bits per heavy atom. The van der Waals surface area contributed by atoms with Crippen molar-refractivity contribution in [1.29, 1.82) is 0 Å². The van der Waals surface area contributed by atoms with Gasteiger partial charge in [0.25, 0.3) is 0 Å². The lowest BCUT2D eigenvalue weighted by atomic mass is 9.97. The molecule has 0 amide bonds. The molecule has 0 saturated heterocycles. The Morgan fingerprint density at radius 2 is 1.69 bits per heavy atom. The van der Waals surface area contributed by atoms with Gasteiger partial charge in [0.2, 0.25) is 0 Å². The summed E-state index contributed by atoms with van der Waals surface area (Å²) in [4.78, 5) is 19.4. The maximum atomic E-state index is 6.80. The molecule has 0 aliphatic carbocycles. The molecule has 4 heterocycles. The third-order valence-corrected chi connectivity index (χ3v) is 7.16. The fraction of sp³-hybridized carbons (Fsp3) is 0.185. The van der Waals surface area contributed by atoms with Crippen LogP contribution in [0.1, 0.15) is 22.2 Å². The van der Waals surface area contributed by atoms with E-state index in [2.05, 4.69) is 29.0 Å². The zero-order chi connectivity index (χ0) is 24.4. The molecule has 176 valence electrons. The van der Waals surface area contributed by atoms with E-state index in [-0.39, 0.29) is 6.04 Å². The zero-order valence-electron chi connectivity index (χ0n) is 19.6. The number of nitrogens with two attached hydrogens (primary N) is 2. The summed E-state index contributed by atoms with van der Waals surface area (Å²) in [5.41, 5.74) is 18.9. The minimum atomic E-state index is -0.480. The molecule has 35 heavy (non-hydrogen) atoms. The number of thiophene rings is 1. The molecule has 0 radical (unpaired) electrons. The number of ether oxygens (including phenoxy) is 1. The molecule has 5 rings (SSSR count). The fourth-order valence-electron chi connectivity index (χ4n) is 4.25. The molecule has 0 saturated carbocycles. The molecule has 7 nitrogen and oxygen atoms in total. The summed E-state index contributed by atoms with van der Waals surface area (Å²) in [6.45, 7) is 2.08. The van der Waals surface area contributed by atoms with Crippen LogP contribution in [0.5, 0.6) is 5.75 Å². The van der Waals surface area contributed by atoms with Gasteiger partial charge in [-0.2, -0.15) is 0 Å². The van der Waals surface area contributed by atoms with Crippen molar-refractivity contribution in [2.75, 3.05) is 7.11 Å². The van der Waals surface area contributed by atoms with Crippen LogP contribution in [0.2, 0.25) is 0 Å². The second-order valence-electron chi connectivity index (χ2n) is 8.33. The van der Waals surface area contributed by atoms with Gasteiger partial charge in [-0.15, -0.1) is 11.3 Å². The van der Waals surface area contributed by atoms with Gasteiger partial charge in [-0.05, 0) is 37.1 Å². The molecular formula is C27H26N6OS. The molecule has 5 aromatic rings. The summed E-state index contributed by atoms with van der Waals surface area (Å²) in [6.07, 6.45) is 7.58. The highest BCUT2D eigenvalue weighted by Crippen LogP contribution is 2.43. The van der Waals surface area contributed by atoms with Gasteiger partial charge in [0, 0.05) is 46.2 Å². The van der Waals surface area contributed by atoms with Crippen molar-refractivity contribution in [1.82, 2.24) is 19.9 Å². The largest absolute Gasteiger partial charge is 0.494 e. The van der Waals surface area contributed by atoms with Crippen LogP contribution in [-0.4, -0.2) is 33.1 Å². The molecule has 0 bridgehead atoms. The maximum Gasteiger partial charge on any atom is 0.160 e. The summed E-state index contributed by atoms with van der Waals surface area (Å²) < 4.78 is 6.55. The van der Waals surface area contributed by atoms with Gasteiger partial charge in [0.15, 0.2) is 5.82 Å². The van der Waals surface area contributed by atoms with Gasteiger partial charge in [-0.1, -0.05) is 30.3 Å². The van der Waals surface area contributed by atoms with Crippen LogP contribution in [0.3, 0.4) is 0 Å². The molecule has 0 spiro atoms. The Morgan fingerprint density at radius 1 is 0.943 bits per heavy atom. The molecule has 8 heteroatoms. The first kappa shape index (κ1) is 23.0. The molecule has 2 unspecified atom stereocenters. The molecule has 1 aromatic carbocycles. The fourth-order valence-corrected chi connectivity index (χ4v) is 5.39. The molecule has 0 aliphatic rings. The number of rotatable bonds is 7. The second-order valence-corrected chi connectivity index (χ2v) is 9.56. The molecule has 0 fully saturated rings. The first-order chi connectivity index (χ1) is 17.1. The predicted octanol–water partition coefficient (Wildman–Crippen LogP) is 4.70. The van der Waals surface area contributed by atoms with Crippen LogP contribution < -0.4 is 16.2 Å². The van der Waals surface area contributed by atoms with Crippen molar-refractivity contribution < 1.29 is 4.74 Å². The Hall–Kier alpha value is -3.72. The minimum absolute atomic E-state index is 0.317. The van der Waals surface area contributed by atoms with E-state index in [9.17, 15) is 0 Å². The molecular weight excluding hydrogens is 456 g/mol. The van der Waals surface area contributed by atoms with E-state index < -0.39 is 6.04 Å². The van der Waals surface area contributed by atoms with E-state index in [1.165, 1.54) is 0 Å². The third kappa shape index (κ3) is 4.51. The summed E-state index contributed by atoms with van der Waals surface area (Å²) in [7, 11) is 1.64. The van der Waals surface area contributed by atoms with Crippen LogP contribution in [0.15, 0.2) is 73.3 Å². The molecule has 4 aromatic heterocycles. The number of aryl methyl sites for hydroxylation is 1. The van der Waals surface area contributed by atoms with Gasteiger partial charge < -0.3 is 16.2 Å². The lowest BCUT2D eigenvalue weighted by Gasteiger charge is -2.21. The summed E-state index contributed by atoms with van der Waals surface area (Å²) >= 11 is 1.63. The number of methoxy groups -OCH3 is 1. The van der Waals surface area contributed by atoms with Gasteiger partial charge in [-0.25, -0.2) is 9.97 Å². The Labute approximate surface area is 207 Å². The van der Waals surface area contributed by atoms with E-state index in [0.29, 0.717) is 18.0 Å². The lowest BCUT2D eigenvalue weighted by Crippen LogP contribution is -2.36. The van der Waals surface area contributed by atoms with Gasteiger partial charge >= 0.3 is 0 Å². The minimum Gasteiger partial charge on any atom is -0.494 e. The average Bonchev–Trinajstić information content (AvgIpc) is 3.24. The highest BCUT2D eigenvalue weighted by molar-refractivity contribution is 7.19. The Bertz CT molecular complexity index is 1460. The summed E-state index contributed by atoms with van der Waals surface area (Å²) in [5.74, 6) is 1.27. The Balaban J connectivity index is 1.70. The Kier molecular flexibility index (Phi) is 6.50. The molecule has 0 aliphatic heterocycles. The monoisotopic (exact) mass is 482 g/mol. The number of pyridine rings is 2. The highest BCUT2D eigenvalue weighted by atomic mass is 32.1. The van der Waals surface area contributed by atoms with Crippen molar-refractivity contribution in [3.05, 3.63) is 89.5 Å². The zero-order valence-corrected chi connectivity index (χ0v) is 20.4. The van der Waals surface area contributed by atoms with Crippen LogP contribution in [0.4, 0.5) is 0 Å². The number of benzene rings is 1. The van der Waals surface area contributed by atoms with E-state index in [1.807, 2.05) is 36.4 Å². The standard InChI is InChI=1S/C27H26N6OS/c1-16-22(19-10-13-31-15-21(19)34-2)24-26(35-16)25(33-27(32-24)18-8-11-30-12-9-18)23(29)20(28)14-17-6-4-3-5-7-17/h3-13,15,20,23H,14,28-29H2,1-2H3. The summed E-state index contributed by atoms with van der Waals surface area (Å²) in [6, 6.07) is 15.1. The van der Waals surface area contributed by atoms with Gasteiger partial charge in [0.1, 0.15) is 5.75 Å². The van der Waals surface area contributed by atoms with Crippen molar-refractivity contribution in [3.8, 4) is 28.3 Å². The highest BCUT2D eigenvalue weighted by Gasteiger charge is 2.26. The van der Waals surface area contributed by atoms with Crippen molar-refractivity contribution in [3.63, 3.8) is 0 Å². The third-order valence-electron chi connectivity index (χ3n) is 6.04. The smallest absolute Gasteiger partial charge is 0.160 e. The van der Waals surface area contributed by atoms with Crippen molar-refractivity contribution in [2.45, 2.75) is 25.4 Å². The van der Waals surface area contributed by atoms with E-state index >= 15 is 0 Å². The van der Waals surface area contributed by atoms with Gasteiger partial charge in [0.05, 0.1) is 35.3 Å². The first-order valence-electron chi connectivity index (χ1n) is 11.3. The van der Waals surface area contributed by atoms with Crippen molar-refractivity contribution in [2.24, 2.45) is 11.5 Å². The first-order valence-corrected chi connectivity index (χ1v) is 12.1. The van der Waals surface area contributed by atoms with E-state index in [4.69, 9.17) is 26.2 Å². The second kappa shape index (κ2) is 9.87. The number of aromatic nitrogens is 4. The topological polar surface area (TPSA) is 113 Å². The molecule has 2 atom stereocenters. The number of hydrogen-bond donors (Lipinski definition) is 2. The van der Waals surface area contributed by atoms with E-state index in [1.54, 1.807) is 43.2 Å². The van der Waals surface area contributed by atoms with Crippen LogP contribution >= 0.6 is 11.3 Å². The van der Waals surface area contributed by atoms with Crippen LogP contribution in [-0.2, 0) is 6.42 Å².